The number of nitrogens with two attached hydrogens (primary N) is 1. The van der Waals surface area contributed by atoms with Gasteiger partial charge in [-0.1, -0.05) is 103 Å². The zero-order chi connectivity index (χ0) is 24.5. The maximum Gasteiger partial charge on any atom is 0.472 e. The van der Waals surface area contributed by atoms with Crippen LogP contribution in [0.5, 0.6) is 0 Å². The molecule has 0 saturated heterocycles. The van der Waals surface area contributed by atoms with E-state index >= 15 is 0 Å². The van der Waals surface area contributed by atoms with Crippen molar-refractivity contribution in [3.8, 4) is 0 Å². The SMILES string of the molecule is CCCCCCCCCCCCCCCCCC/C=C/OC[C@@H](O)COP(=O)(O)OCCN. The topological polar surface area (TPSA) is 111 Å². The number of aliphatic hydroxyl groups is 1. The fourth-order valence-corrected chi connectivity index (χ4v) is 4.32. The number of rotatable bonds is 26. The summed E-state index contributed by atoms with van der Waals surface area (Å²) in [6, 6.07) is 0. The van der Waals surface area contributed by atoms with Crippen LogP contribution >= 0.6 is 7.82 Å². The molecule has 0 rings (SSSR count). The minimum absolute atomic E-state index is 0.00759. The Morgan fingerprint density at radius 1 is 0.788 bits per heavy atom. The zero-order valence-corrected chi connectivity index (χ0v) is 22.0. The Morgan fingerprint density at radius 2 is 1.27 bits per heavy atom. The van der Waals surface area contributed by atoms with Crippen molar-refractivity contribution in [2.75, 3.05) is 26.4 Å². The molecular weight excluding hydrogens is 441 g/mol. The molecule has 0 aliphatic rings. The lowest BCUT2D eigenvalue weighted by molar-refractivity contribution is 0.0311. The average Bonchev–Trinajstić information content (AvgIpc) is 2.80. The van der Waals surface area contributed by atoms with Gasteiger partial charge in [0.1, 0.15) is 12.7 Å². The van der Waals surface area contributed by atoms with Gasteiger partial charge in [-0.05, 0) is 18.9 Å². The van der Waals surface area contributed by atoms with Crippen molar-refractivity contribution in [1.82, 2.24) is 0 Å². The highest BCUT2D eigenvalue weighted by Gasteiger charge is 2.22. The van der Waals surface area contributed by atoms with Crippen molar-refractivity contribution in [2.45, 2.75) is 122 Å². The molecule has 0 heterocycles. The molecule has 0 radical (unpaired) electrons. The lowest BCUT2D eigenvalue weighted by atomic mass is 10.0. The monoisotopic (exact) mass is 493 g/mol. The molecule has 7 nitrogen and oxygen atoms in total. The van der Waals surface area contributed by atoms with Gasteiger partial charge in [-0.2, -0.15) is 0 Å². The maximum atomic E-state index is 11.4. The molecule has 0 saturated carbocycles. The van der Waals surface area contributed by atoms with Crippen molar-refractivity contribution in [2.24, 2.45) is 5.73 Å². The van der Waals surface area contributed by atoms with Crippen molar-refractivity contribution < 1.29 is 28.3 Å². The fourth-order valence-electron chi connectivity index (χ4n) is 3.55. The summed E-state index contributed by atoms with van der Waals surface area (Å²) in [5.74, 6) is 0. The molecule has 8 heteroatoms. The molecule has 198 valence electrons. The van der Waals surface area contributed by atoms with Crippen LogP contribution in [0.4, 0.5) is 0 Å². The summed E-state index contributed by atoms with van der Waals surface area (Å²) in [6.07, 6.45) is 25.2. The van der Waals surface area contributed by atoms with Crippen LogP contribution in [0.3, 0.4) is 0 Å². The molecule has 0 fully saturated rings. The summed E-state index contributed by atoms with van der Waals surface area (Å²) in [5, 5.41) is 9.69. The number of hydrogen-bond acceptors (Lipinski definition) is 6. The van der Waals surface area contributed by atoms with Gasteiger partial charge >= 0.3 is 7.82 Å². The van der Waals surface area contributed by atoms with Crippen LogP contribution in [0.15, 0.2) is 12.3 Å². The van der Waals surface area contributed by atoms with Gasteiger partial charge in [-0.3, -0.25) is 9.05 Å². The normalized spacial score (nSPS) is 14.5. The van der Waals surface area contributed by atoms with E-state index in [0.29, 0.717) is 0 Å². The largest absolute Gasteiger partial charge is 0.499 e. The van der Waals surface area contributed by atoms with Crippen LogP contribution in [0.2, 0.25) is 0 Å². The molecule has 0 aromatic heterocycles. The molecular formula is C25H52NO6P. The van der Waals surface area contributed by atoms with E-state index in [1.54, 1.807) is 6.26 Å². The van der Waals surface area contributed by atoms with Gasteiger partial charge in [0.2, 0.25) is 0 Å². The first-order valence-electron chi connectivity index (χ1n) is 13.3. The molecule has 4 N–H and O–H groups in total. The van der Waals surface area contributed by atoms with Gasteiger partial charge < -0.3 is 20.5 Å². The zero-order valence-electron chi connectivity index (χ0n) is 21.1. The third-order valence-corrected chi connectivity index (χ3v) is 6.49. The van der Waals surface area contributed by atoms with Gasteiger partial charge in [0, 0.05) is 6.54 Å². The van der Waals surface area contributed by atoms with E-state index in [-0.39, 0.29) is 26.4 Å². The van der Waals surface area contributed by atoms with E-state index < -0.39 is 13.9 Å². The van der Waals surface area contributed by atoms with Crippen LogP contribution in [-0.4, -0.2) is 42.5 Å². The Morgan fingerprint density at radius 3 is 1.76 bits per heavy atom. The van der Waals surface area contributed by atoms with E-state index in [4.69, 9.17) is 10.5 Å². The molecule has 33 heavy (non-hydrogen) atoms. The number of phosphoric acid groups is 1. The highest BCUT2D eigenvalue weighted by Crippen LogP contribution is 2.42. The summed E-state index contributed by atoms with van der Waals surface area (Å²) >= 11 is 0. The Kier molecular flexibility index (Phi) is 24.4. The lowest BCUT2D eigenvalue weighted by Gasteiger charge is -2.14. The maximum absolute atomic E-state index is 11.4. The van der Waals surface area contributed by atoms with Crippen LogP contribution in [-0.2, 0) is 18.3 Å². The molecule has 1 unspecified atom stereocenters. The Bertz CT molecular complexity index is 478. The first-order chi connectivity index (χ1) is 16.0. The van der Waals surface area contributed by atoms with Gasteiger partial charge in [-0.15, -0.1) is 0 Å². The van der Waals surface area contributed by atoms with E-state index in [0.717, 1.165) is 12.8 Å². The van der Waals surface area contributed by atoms with Gasteiger partial charge in [-0.25, -0.2) is 4.57 Å². The van der Waals surface area contributed by atoms with Crippen LogP contribution in [0.25, 0.3) is 0 Å². The highest BCUT2D eigenvalue weighted by molar-refractivity contribution is 7.47. The number of aliphatic hydroxyl groups excluding tert-OH is 1. The van der Waals surface area contributed by atoms with Crippen molar-refractivity contribution in [1.29, 1.82) is 0 Å². The summed E-state index contributed by atoms with van der Waals surface area (Å²) < 4.78 is 25.9. The Balaban J connectivity index is 3.31. The molecule has 0 aliphatic heterocycles. The summed E-state index contributed by atoms with van der Waals surface area (Å²) in [6.45, 7) is 1.96. The number of hydrogen-bond donors (Lipinski definition) is 3. The van der Waals surface area contributed by atoms with Crippen molar-refractivity contribution in [3.63, 3.8) is 0 Å². The minimum atomic E-state index is -4.16. The average molecular weight is 494 g/mol. The molecule has 0 aromatic carbocycles. The Hall–Kier alpha value is -0.430. The predicted octanol–water partition coefficient (Wildman–Crippen LogP) is 6.62. The van der Waals surface area contributed by atoms with E-state index in [9.17, 15) is 14.6 Å². The molecule has 0 spiro atoms. The second kappa shape index (κ2) is 24.7. The van der Waals surface area contributed by atoms with E-state index in [2.05, 4.69) is 16.0 Å². The van der Waals surface area contributed by atoms with Crippen LogP contribution in [0, 0.1) is 0 Å². The number of ether oxygens (including phenoxy) is 1. The second-order valence-electron chi connectivity index (χ2n) is 8.84. The molecule has 0 bridgehead atoms. The van der Waals surface area contributed by atoms with E-state index in [1.165, 1.54) is 96.3 Å². The van der Waals surface area contributed by atoms with Crippen molar-refractivity contribution in [3.05, 3.63) is 12.3 Å². The summed E-state index contributed by atoms with van der Waals surface area (Å²) in [4.78, 5) is 9.32. The fraction of sp³-hybridized carbons (Fsp3) is 0.920. The minimum Gasteiger partial charge on any atom is -0.499 e. The van der Waals surface area contributed by atoms with E-state index in [1.807, 2.05) is 6.08 Å². The third-order valence-electron chi connectivity index (χ3n) is 5.51. The standard InChI is InChI=1S/C25H52NO6P/c1-2-3-4-5-6-7-8-9-10-11-12-13-14-15-16-17-18-19-21-30-23-25(27)24-32-33(28,29)31-22-20-26/h19,21,25,27H,2-18,20,22-24,26H2,1H3,(H,28,29)/b21-19+/t25-/m1/s1. The quantitative estimate of drug-likeness (QED) is 0.0705. The predicted molar refractivity (Wildman–Crippen MR) is 136 cm³/mol. The van der Waals surface area contributed by atoms with Gasteiger partial charge in [0.15, 0.2) is 0 Å². The van der Waals surface area contributed by atoms with Gasteiger partial charge in [0.25, 0.3) is 0 Å². The molecule has 2 atom stereocenters. The third kappa shape index (κ3) is 26.0. The Labute approximate surface area is 203 Å². The van der Waals surface area contributed by atoms with Crippen LogP contribution < -0.4 is 5.73 Å². The van der Waals surface area contributed by atoms with Crippen LogP contribution in [0.1, 0.15) is 116 Å². The number of allylic oxidation sites excluding steroid dienone is 1. The summed E-state index contributed by atoms with van der Waals surface area (Å²) in [7, 11) is -4.16. The smallest absolute Gasteiger partial charge is 0.472 e. The van der Waals surface area contributed by atoms with Gasteiger partial charge in [0.05, 0.1) is 19.5 Å². The lowest BCUT2D eigenvalue weighted by Crippen LogP contribution is -2.20. The number of unbranched alkanes of at least 4 members (excludes halogenated alkanes) is 16. The first-order valence-corrected chi connectivity index (χ1v) is 14.8. The second-order valence-corrected chi connectivity index (χ2v) is 10.3. The molecule has 0 aliphatic carbocycles. The number of phosphoric ester groups is 1. The highest BCUT2D eigenvalue weighted by atomic mass is 31.2. The molecule has 0 aromatic rings. The summed E-state index contributed by atoms with van der Waals surface area (Å²) in [5.41, 5.74) is 5.19. The molecule has 0 amide bonds. The first kappa shape index (κ1) is 32.6. The van der Waals surface area contributed by atoms with Crippen molar-refractivity contribution >= 4 is 7.82 Å².